The first-order valence-electron chi connectivity index (χ1n) is 11.3. The Labute approximate surface area is 196 Å². The van der Waals surface area contributed by atoms with Crippen LogP contribution in [0.3, 0.4) is 0 Å². The van der Waals surface area contributed by atoms with Gasteiger partial charge in [0.15, 0.2) is 5.92 Å². The largest absolute Gasteiger partial charge is 0.465 e. The number of benzene rings is 3. The van der Waals surface area contributed by atoms with Crippen molar-refractivity contribution in [2.75, 3.05) is 18.1 Å². The molecule has 5 rings (SSSR count). The van der Waals surface area contributed by atoms with Crippen LogP contribution in [-0.4, -0.2) is 34.6 Å². The van der Waals surface area contributed by atoms with Gasteiger partial charge >= 0.3 is 5.97 Å². The average Bonchev–Trinajstić information content (AvgIpc) is 3.22. The van der Waals surface area contributed by atoms with E-state index in [4.69, 9.17) is 9.72 Å². The van der Waals surface area contributed by atoms with Crippen molar-refractivity contribution in [1.29, 1.82) is 0 Å². The van der Waals surface area contributed by atoms with Gasteiger partial charge in [0.2, 0.25) is 11.9 Å². The molecule has 0 saturated carbocycles. The molecule has 0 aliphatic carbocycles. The lowest BCUT2D eigenvalue weighted by Crippen LogP contribution is -2.50. The van der Waals surface area contributed by atoms with Crippen molar-refractivity contribution in [1.82, 2.24) is 9.55 Å². The van der Waals surface area contributed by atoms with Gasteiger partial charge in [0.1, 0.15) is 5.82 Å². The van der Waals surface area contributed by atoms with Gasteiger partial charge in [-0.15, -0.1) is 0 Å². The summed E-state index contributed by atoms with van der Waals surface area (Å²) in [6, 6.07) is 22.6. The standard InChI is InChI=1S/C27H24FN3O3/c1-2-34-26(33)23-24(19-11-8-12-20(28)17-19)31-22-14-7-6-13-21(22)29-27(31)30(25(23)32)16-15-18-9-4-3-5-10-18/h3-14,17,23-24H,2,15-16H2,1H3. The van der Waals surface area contributed by atoms with Crippen molar-refractivity contribution in [2.45, 2.75) is 19.4 Å². The first-order valence-corrected chi connectivity index (χ1v) is 11.3. The van der Waals surface area contributed by atoms with Crippen molar-refractivity contribution in [3.8, 4) is 0 Å². The van der Waals surface area contributed by atoms with Gasteiger partial charge in [0.05, 0.1) is 23.7 Å². The minimum Gasteiger partial charge on any atom is -0.465 e. The number of halogens is 1. The molecule has 1 amide bonds. The smallest absolute Gasteiger partial charge is 0.321 e. The van der Waals surface area contributed by atoms with E-state index < -0.39 is 29.7 Å². The molecule has 0 fully saturated rings. The van der Waals surface area contributed by atoms with Gasteiger partial charge < -0.3 is 9.30 Å². The van der Waals surface area contributed by atoms with Gasteiger partial charge in [-0.1, -0.05) is 54.6 Å². The van der Waals surface area contributed by atoms with E-state index in [1.807, 2.05) is 59.2 Å². The van der Waals surface area contributed by atoms with Gasteiger partial charge in [-0.25, -0.2) is 9.37 Å². The Hall–Kier alpha value is -4.00. The number of esters is 1. The third-order valence-corrected chi connectivity index (χ3v) is 6.14. The third kappa shape index (κ3) is 3.83. The Kier molecular flexibility index (Phi) is 5.84. The number of rotatable bonds is 6. The maximum atomic E-state index is 14.3. The van der Waals surface area contributed by atoms with Crippen molar-refractivity contribution >= 4 is 28.9 Å². The van der Waals surface area contributed by atoms with Crippen LogP contribution in [-0.2, 0) is 20.7 Å². The van der Waals surface area contributed by atoms with Crippen LogP contribution in [0.2, 0.25) is 0 Å². The zero-order chi connectivity index (χ0) is 23.7. The van der Waals surface area contributed by atoms with Crippen molar-refractivity contribution in [2.24, 2.45) is 5.92 Å². The second kappa shape index (κ2) is 9.09. The van der Waals surface area contributed by atoms with E-state index in [0.717, 1.165) is 11.1 Å². The molecular formula is C27H24FN3O3. The van der Waals surface area contributed by atoms with Crippen LogP contribution in [0.15, 0.2) is 78.9 Å². The number of imidazole rings is 1. The molecule has 34 heavy (non-hydrogen) atoms. The Bertz CT molecular complexity index is 1350. The van der Waals surface area contributed by atoms with Crippen molar-refractivity contribution in [3.05, 3.63) is 95.8 Å². The maximum absolute atomic E-state index is 14.3. The summed E-state index contributed by atoms with van der Waals surface area (Å²) in [7, 11) is 0. The first kappa shape index (κ1) is 21.8. The Morgan fingerprint density at radius 2 is 1.79 bits per heavy atom. The summed E-state index contributed by atoms with van der Waals surface area (Å²) in [6.07, 6.45) is 0.593. The van der Waals surface area contributed by atoms with Crippen LogP contribution in [0.5, 0.6) is 0 Å². The molecule has 0 N–H and O–H groups in total. The van der Waals surface area contributed by atoms with Crippen molar-refractivity contribution < 1.29 is 18.7 Å². The van der Waals surface area contributed by atoms with Crippen LogP contribution in [0, 0.1) is 11.7 Å². The third-order valence-electron chi connectivity index (χ3n) is 6.14. The Morgan fingerprint density at radius 1 is 1.03 bits per heavy atom. The zero-order valence-corrected chi connectivity index (χ0v) is 18.7. The Balaban J connectivity index is 1.69. The highest BCUT2D eigenvalue weighted by Crippen LogP contribution is 2.41. The predicted octanol–water partition coefficient (Wildman–Crippen LogP) is 4.53. The zero-order valence-electron chi connectivity index (χ0n) is 18.7. The molecule has 0 saturated heterocycles. The molecule has 1 aromatic heterocycles. The van der Waals surface area contributed by atoms with Crippen molar-refractivity contribution in [3.63, 3.8) is 0 Å². The molecule has 4 aromatic rings. The summed E-state index contributed by atoms with van der Waals surface area (Å²) < 4.78 is 21.5. The SMILES string of the molecule is CCOC(=O)C1C(=O)N(CCc2ccccc2)c2nc3ccccc3n2C1c1cccc(F)c1. The number of hydrogen-bond acceptors (Lipinski definition) is 4. The molecule has 0 bridgehead atoms. The molecule has 6 nitrogen and oxygen atoms in total. The molecule has 2 atom stereocenters. The second-order valence-electron chi connectivity index (χ2n) is 8.23. The number of aromatic nitrogens is 2. The van der Waals surface area contributed by atoms with E-state index in [1.54, 1.807) is 24.0 Å². The van der Waals surface area contributed by atoms with Crippen LogP contribution in [0.4, 0.5) is 10.3 Å². The highest BCUT2D eigenvalue weighted by atomic mass is 19.1. The number of amides is 1. The van der Waals surface area contributed by atoms with Gasteiger partial charge in [-0.3, -0.25) is 14.5 Å². The summed E-state index contributed by atoms with van der Waals surface area (Å²) >= 11 is 0. The molecule has 172 valence electrons. The minimum atomic E-state index is -1.16. The molecule has 1 aliphatic heterocycles. The van der Waals surface area contributed by atoms with E-state index in [0.29, 0.717) is 30.0 Å². The van der Waals surface area contributed by atoms with Crippen LogP contribution < -0.4 is 4.90 Å². The topological polar surface area (TPSA) is 64.4 Å². The normalized spacial score (nSPS) is 17.6. The number of nitrogens with zero attached hydrogens (tertiary/aromatic N) is 3. The number of fused-ring (bicyclic) bond motifs is 3. The molecule has 3 aromatic carbocycles. The second-order valence-corrected chi connectivity index (χ2v) is 8.23. The number of hydrogen-bond donors (Lipinski definition) is 0. The quantitative estimate of drug-likeness (QED) is 0.315. The van der Waals surface area contributed by atoms with E-state index >= 15 is 0 Å². The number of carbonyl (C=O) groups excluding carboxylic acids is 2. The lowest BCUT2D eigenvalue weighted by atomic mass is 9.89. The van der Waals surface area contributed by atoms with E-state index in [-0.39, 0.29) is 6.61 Å². The van der Waals surface area contributed by atoms with Gasteiger partial charge in [0.25, 0.3) is 0 Å². The number of para-hydroxylation sites is 2. The predicted molar refractivity (Wildman–Crippen MR) is 127 cm³/mol. The molecule has 7 heteroatoms. The van der Waals surface area contributed by atoms with E-state index in [1.165, 1.54) is 12.1 Å². The fraction of sp³-hybridized carbons (Fsp3) is 0.222. The number of carbonyl (C=O) groups is 2. The summed E-state index contributed by atoms with van der Waals surface area (Å²) in [5, 5.41) is 0. The van der Waals surface area contributed by atoms with Gasteiger partial charge in [-0.05, 0) is 48.7 Å². The number of anilines is 1. The fourth-order valence-electron chi connectivity index (χ4n) is 4.64. The Morgan fingerprint density at radius 3 is 2.56 bits per heavy atom. The fourth-order valence-corrected chi connectivity index (χ4v) is 4.64. The summed E-state index contributed by atoms with van der Waals surface area (Å²) in [5.41, 5.74) is 3.04. The molecule has 1 aliphatic rings. The van der Waals surface area contributed by atoms with Gasteiger partial charge in [0, 0.05) is 6.54 Å². The first-order chi connectivity index (χ1) is 16.6. The highest BCUT2D eigenvalue weighted by Gasteiger charge is 2.47. The highest BCUT2D eigenvalue weighted by molar-refractivity contribution is 6.08. The monoisotopic (exact) mass is 457 g/mol. The number of ether oxygens (including phenoxy) is 1. The lowest BCUT2D eigenvalue weighted by Gasteiger charge is -2.38. The minimum absolute atomic E-state index is 0.139. The van der Waals surface area contributed by atoms with Crippen LogP contribution in [0.1, 0.15) is 24.1 Å². The molecule has 2 unspecified atom stereocenters. The summed E-state index contributed by atoms with van der Waals surface area (Å²) in [4.78, 5) is 33.3. The molecular weight excluding hydrogens is 433 g/mol. The van der Waals surface area contributed by atoms with Crippen LogP contribution >= 0.6 is 0 Å². The molecule has 0 radical (unpaired) electrons. The summed E-state index contributed by atoms with van der Waals surface area (Å²) in [6.45, 7) is 2.19. The van der Waals surface area contributed by atoms with E-state index in [2.05, 4.69) is 0 Å². The van der Waals surface area contributed by atoms with E-state index in [9.17, 15) is 14.0 Å². The molecule has 0 spiro atoms. The maximum Gasteiger partial charge on any atom is 0.321 e. The molecule has 2 heterocycles. The average molecular weight is 458 g/mol. The van der Waals surface area contributed by atoms with Gasteiger partial charge in [-0.2, -0.15) is 0 Å². The summed E-state index contributed by atoms with van der Waals surface area (Å²) in [5.74, 6) is -2.19. The lowest BCUT2D eigenvalue weighted by molar-refractivity contribution is -0.153. The van der Waals surface area contributed by atoms with Crippen LogP contribution in [0.25, 0.3) is 11.0 Å².